The van der Waals surface area contributed by atoms with Crippen LogP contribution in [0.1, 0.15) is 36.2 Å². The number of rotatable bonds is 2. The number of carbonyl (C=O) groups excluding carboxylic acids is 2. The van der Waals surface area contributed by atoms with Crippen molar-refractivity contribution >= 4 is 22.7 Å². The van der Waals surface area contributed by atoms with Crippen LogP contribution < -0.4 is 10.9 Å². The molecule has 4 rings (SSSR count). The van der Waals surface area contributed by atoms with Crippen molar-refractivity contribution in [2.45, 2.75) is 25.7 Å². The lowest BCUT2D eigenvalue weighted by Gasteiger charge is -2.20. The Morgan fingerprint density at radius 1 is 1.00 bits per heavy atom. The molecule has 5 heteroatoms. The summed E-state index contributed by atoms with van der Waals surface area (Å²) in [6.45, 7) is 0. The van der Waals surface area contributed by atoms with Crippen LogP contribution in [0.25, 0.3) is 10.9 Å². The van der Waals surface area contributed by atoms with Gasteiger partial charge in [-0.25, -0.2) is 4.98 Å². The maximum absolute atomic E-state index is 12.2. The van der Waals surface area contributed by atoms with Gasteiger partial charge < -0.3 is 0 Å². The van der Waals surface area contributed by atoms with Crippen LogP contribution >= 0.6 is 0 Å². The lowest BCUT2D eigenvalue weighted by atomic mass is 9.88. The van der Waals surface area contributed by atoms with Gasteiger partial charge in [-0.05, 0) is 43.2 Å². The molecule has 2 N–H and O–H groups in total. The monoisotopic (exact) mass is 309 g/mol. The summed E-state index contributed by atoms with van der Waals surface area (Å²) in [5.74, 6) is 0.807. The van der Waals surface area contributed by atoms with E-state index in [0.29, 0.717) is 17.5 Å². The van der Waals surface area contributed by atoms with Gasteiger partial charge in [0, 0.05) is 11.3 Å². The lowest BCUT2D eigenvalue weighted by molar-refractivity contribution is -0.127. The quantitative estimate of drug-likeness (QED) is 0.837. The topological polar surface area (TPSA) is 71.1 Å². The molecular formula is C18H19N3O2. The maximum Gasteiger partial charge on any atom is 0.288 e. The van der Waals surface area contributed by atoms with Crippen LogP contribution in [0.2, 0.25) is 0 Å². The highest BCUT2D eigenvalue weighted by atomic mass is 16.2. The van der Waals surface area contributed by atoms with Gasteiger partial charge in [-0.1, -0.05) is 30.7 Å². The van der Waals surface area contributed by atoms with E-state index in [1.165, 1.54) is 6.42 Å². The highest BCUT2D eigenvalue weighted by molar-refractivity contribution is 5.96. The lowest BCUT2D eigenvalue weighted by Crippen LogP contribution is -2.45. The van der Waals surface area contributed by atoms with Crippen molar-refractivity contribution in [3.63, 3.8) is 0 Å². The fourth-order valence-electron chi connectivity index (χ4n) is 4.03. The summed E-state index contributed by atoms with van der Waals surface area (Å²) in [5.41, 5.74) is 6.14. The first-order valence-corrected chi connectivity index (χ1v) is 8.16. The van der Waals surface area contributed by atoms with E-state index in [1.54, 1.807) is 6.07 Å². The first-order chi connectivity index (χ1) is 11.2. The number of para-hydroxylation sites is 1. The Morgan fingerprint density at radius 2 is 1.87 bits per heavy atom. The highest BCUT2D eigenvalue weighted by Crippen LogP contribution is 2.48. The van der Waals surface area contributed by atoms with Gasteiger partial charge in [-0.3, -0.25) is 20.4 Å². The number of aromatic nitrogens is 1. The van der Waals surface area contributed by atoms with Gasteiger partial charge in [0.15, 0.2) is 0 Å². The van der Waals surface area contributed by atoms with E-state index in [9.17, 15) is 9.59 Å². The Bertz CT molecular complexity index is 774. The number of nitrogens with one attached hydrogen (secondary N) is 2. The van der Waals surface area contributed by atoms with Crippen LogP contribution in [0.15, 0.2) is 36.4 Å². The predicted octanol–water partition coefficient (Wildman–Crippen LogP) is 2.43. The summed E-state index contributed by atoms with van der Waals surface area (Å²) in [5, 5.41) is 0.982. The molecule has 1 aromatic carbocycles. The minimum Gasteiger partial charge on any atom is -0.273 e. The van der Waals surface area contributed by atoms with Crippen LogP contribution in [-0.2, 0) is 4.79 Å². The molecule has 118 valence electrons. The molecule has 2 fully saturated rings. The van der Waals surface area contributed by atoms with Gasteiger partial charge in [0.1, 0.15) is 5.69 Å². The molecule has 2 aliphatic carbocycles. The largest absolute Gasteiger partial charge is 0.288 e. The zero-order valence-electron chi connectivity index (χ0n) is 12.8. The van der Waals surface area contributed by atoms with Crippen molar-refractivity contribution in [3.05, 3.63) is 42.1 Å². The Hall–Kier alpha value is -2.43. The van der Waals surface area contributed by atoms with E-state index in [4.69, 9.17) is 0 Å². The number of carbonyl (C=O) groups is 2. The number of hydrogen-bond acceptors (Lipinski definition) is 3. The number of amides is 2. The molecule has 1 aromatic heterocycles. The average Bonchev–Trinajstić information content (AvgIpc) is 3.22. The van der Waals surface area contributed by atoms with E-state index in [-0.39, 0.29) is 17.7 Å². The van der Waals surface area contributed by atoms with Crippen molar-refractivity contribution in [3.8, 4) is 0 Å². The molecule has 2 bridgehead atoms. The summed E-state index contributed by atoms with van der Waals surface area (Å²) >= 11 is 0. The van der Waals surface area contributed by atoms with E-state index in [0.717, 1.165) is 30.2 Å². The van der Waals surface area contributed by atoms with Gasteiger partial charge in [0.05, 0.1) is 5.52 Å². The molecule has 3 atom stereocenters. The van der Waals surface area contributed by atoms with Gasteiger partial charge in [-0.15, -0.1) is 0 Å². The molecule has 0 saturated heterocycles. The number of hydrogen-bond donors (Lipinski definition) is 2. The Balaban J connectivity index is 1.40. The van der Waals surface area contributed by atoms with Crippen LogP contribution in [0.4, 0.5) is 0 Å². The third-order valence-electron chi connectivity index (χ3n) is 5.21. The predicted molar refractivity (Wildman–Crippen MR) is 86.3 cm³/mol. The van der Waals surface area contributed by atoms with E-state index in [1.807, 2.05) is 30.3 Å². The molecule has 2 aliphatic rings. The second-order valence-corrected chi connectivity index (χ2v) is 6.61. The van der Waals surface area contributed by atoms with E-state index >= 15 is 0 Å². The molecule has 0 spiro atoms. The summed E-state index contributed by atoms with van der Waals surface area (Å²) in [6, 6.07) is 11.1. The molecule has 2 aromatic rings. The smallest absolute Gasteiger partial charge is 0.273 e. The first-order valence-electron chi connectivity index (χ1n) is 8.16. The molecule has 2 amide bonds. The summed E-state index contributed by atoms with van der Waals surface area (Å²) in [4.78, 5) is 28.7. The Labute approximate surface area is 134 Å². The Morgan fingerprint density at radius 3 is 2.65 bits per heavy atom. The van der Waals surface area contributed by atoms with Gasteiger partial charge in [-0.2, -0.15) is 0 Å². The minimum absolute atomic E-state index is 0.0543. The Kier molecular flexibility index (Phi) is 3.48. The highest BCUT2D eigenvalue weighted by Gasteiger charge is 2.43. The summed E-state index contributed by atoms with van der Waals surface area (Å²) in [6.07, 6.45) is 4.52. The second kappa shape index (κ2) is 5.65. The molecule has 3 unspecified atom stereocenters. The first kappa shape index (κ1) is 14.2. The standard InChI is InChI=1S/C18H19N3O2/c22-17(14-10-11-5-6-13(14)9-11)20-21-18(23)16-8-7-12-3-1-2-4-15(12)19-16/h1-4,7-8,11,13-14H,5-6,9-10H2,(H,20,22)(H,21,23). The van der Waals surface area contributed by atoms with Gasteiger partial charge in [0.25, 0.3) is 5.91 Å². The third-order valence-corrected chi connectivity index (χ3v) is 5.21. The van der Waals surface area contributed by atoms with Crippen LogP contribution in [-0.4, -0.2) is 16.8 Å². The molecule has 5 nitrogen and oxygen atoms in total. The SMILES string of the molecule is O=C(NNC(=O)C1CC2CCC1C2)c1ccc2ccccc2n1. The maximum atomic E-state index is 12.2. The van der Waals surface area contributed by atoms with Crippen LogP contribution in [0.3, 0.4) is 0 Å². The van der Waals surface area contributed by atoms with Gasteiger partial charge in [0.2, 0.25) is 5.91 Å². The fourth-order valence-corrected chi connectivity index (χ4v) is 4.03. The molecule has 1 heterocycles. The average molecular weight is 309 g/mol. The zero-order valence-corrected chi connectivity index (χ0v) is 12.8. The third kappa shape index (κ3) is 2.67. The number of fused-ring (bicyclic) bond motifs is 3. The zero-order chi connectivity index (χ0) is 15.8. The number of hydrazine groups is 1. The molecule has 0 radical (unpaired) electrons. The second-order valence-electron chi connectivity index (χ2n) is 6.61. The molecular weight excluding hydrogens is 290 g/mol. The fraction of sp³-hybridized carbons (Fsp3) is 0.389. The van der Waals surface area contributed by atoms with Crippen LogP contribution in [0.5, 0.6) is 0 Å². The van der Waals surface area contributed by atoms with Crippen molar-refractivity contribution in [1.29, 1.82) is 0 Å². The van der Waals surface area contributed by atoms with Crippen molar-refractivity contribution in [2.75, 3.05) is 0 Å². The molecule has 0 aliphatic heterocycles. The number of benzene rings is 1. The minimum atomic E-state index is -0.382. The van der Waals surface area contributed by atoms with Crippen LogP contribution in [0, 0.1) is 17.8 Å². The summed E-state index contributed by atoms with van der Waals surface area (Å²) in [7, 11) is 0. The molecule has 2 saturated carbocycles. The van der Waals surface area contributed by atoms with E-state index in [2.05, 4.69) is 15.8 Å². The summed E-state index contributed by atoms with van der Waals surface area (Å²) < 4.78 is 0. The normalized spacial score (nSPS) is 25.5. The number of nitrogens with zero attached hydrogens (tertiary/aromatic N) is 1. The van der Waals surface area contributed by atoms with Gasteiger partial charge >= 0.3 is 0 Å². The van der Waals surface area contributed by atoms with Crippen molar-refractivity contribution in [1.82, 2.24) is 15.8 Å². The van der Waals surface area contributed by atoms with Crippen molar-refractivity contribution < 1.29 is 9.59 Å². The molecule has 23 heavy (non-hydrogen) atoms. The number of pyridine rings is 1. The van der Waals surface area contributed by atoms with E-state index < -0.39 is 0 Å². The van der Waals surface area contributed by atoms with Crippen molar-refractivity contribution in [2.24, 2.45) is 17.8 Å².